The molecule has 20 heavy (non-hydrogen) atoms. The van der Waals surface area contributed by atoms with E-state index in [1.165, 1.54) is 0 Å². The third-order valence-corrected chi connectivity index (χ3v) is 3.62. The monoisotopic (exact) mass is 334 g/mol. The number of nitrogens with zero attached hydrogens (tertiary/aromatic N) is 2. The molecule has 0 unspecified atom stereocenters. The fourth-order valence-corrected chi connectivity index (χ4v) is 2.24. The minimum absolute atomic E-state index is 0.753. The highest BCUT2D eigenvalue weighted by molar-refractivity contribution is 9.10. The number of aryl methyl sites for hydroxylation is 1. The van der Waals surface area contributed by atoms with Crippen LogP contribution in [0.15, 0.2) is 28.7 Å². The fraction of sp³-hybridized carbons (Fsp3) is 0.333. The first kappa shape index (κ1) is 14.8. The van der Waals surface area contributed by atoms with Crippen LogP contribution in [0.4, 0.5) is 17.3 Å². The van der Waals surface area contributed by atoms with E-state index in [1.807, 2.05) is 38.1 Å². The van der Waals surface area contributed by atoms with Crippen molar-refractivity contribution in [3.8, 4) is 0 Å². The molecule has 4 nitrogen and oxygen atoms in total. The summed E-state index contributed by atoms with van der Waals surface area (Å²) in [6.45, 7) is 6.97. The quantitative estimate of drug-likeness (QED) is 0.849. The van der Waals surface area contributed by atoms with Gasteiger partial charge < -0.3 is 10.6 Å². The molecule has 0 saturated carbocycles. The van der Waals surface area contributed by atoms with E-state index < -0.39 is 0 Å². The standard InChI is InChI=1S/C15H19BrN4/c1-4-9-17-14-10(2)15(19-11(3)18-14)20-13-8-6-5-7-12(13)16/h5-8H,4,9H2,1-3H3,(H2,17,18,19,20). The zero-order valence-corrected chi connectivity index (χ0v) is 13.6. The predicted octanol–water partition coefficient (Wildman–Crippen LogP) is 4.42. The Morgan fingerprint density at radius 2 is 1.80 bits per heavy atom. The molecule has 1 heterocycles. The second-order valence-corrected chi connectivity index (χ2v) is 5.48. The molecular weight excluding hydrogens is 316 g/mol. The number of rotatable bonds is 5. The van der Waals surface area contributed by atoms with Crippen LogP contribution in [-0.2, 0) is 0 Å². The van der Waals surface area contributed by atoms with Crippen molar-refractivity contribution in [3.63, 3.8) is 0 Å². The van der Waals surface area contributed by atoms with Crippen molar-refractivity contribution < 1.29 is 0 Å². The zero-order valence-electron chi connectivity index (χ0n) is 12.0. The number of benzene rings is 1. The molecule has 1 aromatic heterocycles. The van der Waals surface area contributed by atoms with Crippen molar-refractivity contribution in [1.29, 1.82) is 0 Å². The number of nitrogens with one attached hydrogen (secondary N) is 2. The summed E-state index contributed by atoms with van der Waals surface area (Å²) in [6, 6.07) is 8.00. The lowest BCUT2D eigenvalue weighted by molar-refractivity contribution is 0.948. The largest absolute Gasteiger partial charge is 0.370 e. The van der Waals surface area contributed by atoms with E-state index in [0.29, 0.717) is 0 Å². The maximum atomic E-state index is 4.49. The van der Waals surface area contributed by atoms with E-state index >= 15 is 0 Å². The van der Waals surface area contributed by atoms with Gasteiger partial charge in [-0.1, -0.05) is 19.1 Å². The van der Waals surface area contributed by atoms with Crippen LogP contribution in [0.5, 0.6) is 0 Å². The van der Waals surface area contributed by atoms with E-state index in [-0.39, 0.29) is 0 Å². The van der Waals surface area contributed by atoms with E-state index in [1.54, 1.807) is 0 Å². The van der Waals surface area contributed by atoms with Crippen molar-refractivity contribution in [3.05, 3.63) is 40.1 Å². The molecule has 2 N–H and O–H groups in total. The van der Waals surface area contributed by atoms with Gasteiger partial charge in [0, 0.05) is 16.6 Å². The summed E-state index contributed by atoms with van der Waals surface area (Å²) in [7, 11) is 0. The molecule has 1 aromatic carbocycles. The number of hydrogen-bond acceptors (Lipinski definition) is 4. The van der Waals surface area contributed by atoms with Crippen LogP contribution in [0.1, 0.15) is 24.7 Å². The van der Waals surface area contributed by atoms with Crippen LogP contribution < -0.4 is 10.6 Å². The van der Waals surface area contributed by atoms with E-state index in [4.69, 9.17) is 0 Å². The van der Waals surface area contributed by atoms with Gasteiger partial charge in [0.05, 0.1) is 5.69 Å². The van der Waals surface area contributed by atoms with Crippen LogP contribution >= 0.6 is 15.9 Å². The molecular formula is C15H19BrN4. The highest BCUT2D eigenvalue weighted by Crippen LogP contribution is 2.28. The van der Waals surface area contributed by atoms with E-state index in [2.05, 4.69) is 43.5 Å². The summed E-state index contributed by atoms with van der Waals surface area (Å²) in [4.78, 5) is 8.96. The fourth-order valence-electron chi connectivity index (χ4n) is 1.86. The van der Waals surface area contributed by atoms with Gasteiger partial charge in [0.1, 0.15) is 17.5 Å². The van der Waals surface area contributed by atoms with Gasteiger partial charge in [0.2, 0.25) is 0 Å². The number of para-hydroxylation sites is 1. The van der Waals surface area contributed by atoms with Gasteiger partial charge in [0.25, 0.3) is 0 Å². The van der Waals surface area contributed by atoms with Crippen molar-refractivity contribution in [2.75, 3.05) is 17.2 Å². The highest BCUT2D eigenvalue weighted by atomic mass is 79.9. The van der Waals surface area contributed by atoms with Gasteiger partial charge in [-0.15, -0.1) is 0 Å². The minimum Gasteiger partial charge on any atom is -0.370 e. The first-order valence-corrected chi connectivity index (χ1v) is 7.51. The minimum atomic E-state index is 0.753. The molecule has 0 radical (unpaired) electrons. The third kappa shape index (κ3) is 3.48. The number of aromatic nitrogens is 2. The van der Waals surface area contributed by atoms with Crippen molar-refractivity contribution in [1.82, 2.24) is 9.97 Å². The van der Waals surface area contributed by atoms with Gasteiger partial charge >= 0.3 is 0 Å². The smallest absolute Gasteiger partial charge is 0.139 e. The Bertz CT molecular complexity index is 598. The van der Waals surface area contributed by atoms with Crippen LogP contribution in [-0.4, -0.2) is 16.5 Å². The summed E-state index contributed by atoms with van der Waals surface area (Å²) >= 11 is 3.54. The maximum absolute atomic E-state index is 4.49. The van der Waals surface area contributed by atoms with Crippen LogP contribution in [0.25, 0.3) is 0 Å². The molecule has 0 aliphatic rings. The summed E-state index contributed by atoms with van der Waals surface area (Å²) in [5, 5.41) is 6.70. The molecule has 2 rings (SSSR count). The van der Waals surface area contributed by atoms with Crippen LogP contribution in [0.2, 0.25) is 0 Å². The average molecular weight is 335 g/mol. The van der Waals surface area contributed by atoms with Gasteiger partial charge in [-0.25, -0.2) is 9.97 Å². The predicted molar refractivity (Wildman–Crippen MR) is 87.7 cm³/mol. The Morgan fingerprint density at radius 3 is 2.50 bits per heavy atom. The second-order valence-electron chi connectivity index (χ2n) is 4.62. The Balaban J connectivity index is 2.32. The topological polar surface area (TPSA) is 49.8 Å². The van der Waals surface area contributed by atoms with Gasteiger partial charge in [-0.3, -0.25) is 0 Å². The van der Waals surface area contributed by atoms with Gasteiger partial charge in [-0.2, -0.15) is 0 Å². The molecule has 0 amide bonds. The first-order chi connectivity index (χ1) is 9.61. The summed E-state index contributed by atoms with van der Waals surface area (Å²) in [5.74, 6) is 2.49. The van der Waals surface area contributed by atoms with E-state index in [0.717, 1.165) is 46.1 Å². The molecule has 5 heteroatoms. The third-order valence-electron chi connectivity index (χ3n) is 2.93. The van der Waals surface area contributed by atoms with Crippen molar-refractivity contribution >= 4 is 33.3 Å². The molecule has 0 aliphatic carbocycles. The van der Waals surface area contributed by atoms with Crippen molar-refractivity contribution in [2.45, 2.75) is 27.2 Å². The van der Waals surface area contributed by atoms with Crippen LogP contribution in [0.3, 0.4) is 0 Å². The summed E-state index contributed by atoms with van der Waals surface area (Å²) in [5.41, 5.74) is 2.02. The normalized spacial score (nSPS) is 10.4. The number of hydrogen-bond donors (Lipinski definition) is 2. The molecule has 0 fully saturated rings. The Labute approximate surface area is 128 Å². The lowest BCUT2D eigenvalue weighted by Gasteiger charge is -2.14. The second kappa shape index (κ2) is 6.70. The molecule has 0 atom stereocenters. The SMILES string of the molecule is CCCNc1nc(C)nc(Nc2ccccc2Br)c1C. The van der Waals surface area contributed by atoms with Crippen LogP contribution in [0, 0.1) is 13.8 Å². The van der Waals surface area contributed by atoms with Gasteiger partial charge in [0.15, 0.2) is 0 Å². The molecule has 2 aromatic rings. The highest BCUT2D eigenvalue weighted by Gasteiger charge is 2.10. The number of halogens is 1. The van der Waals surface area contributed by atoms with E-state index in [9.17, 15) is 0 Å². The first-order valence-electron chi connectivity index (χ1n) is 6.72. The Kier molecular flexibility index (Phi) is 4.95. The molecule has 0 saturated heterocycles. The molecule has 0 bridgehead atoms. The molecule has 0 spiro atoms. The van der Waals surface area contributed by atoms with Gasteiger partial charge in [-0.05, 0) is 48.3 Å². The number of anilines is 3. The summed E-state index contributed by atoms with van der Waals surface area (Å²) < 4.78 is 1.01. The zero-order chi connectivity index (χ0) is 14.5. The Hall–Kier alpha value is -1.62. The summed E-state index contributed by atoms with van der Waals surface area (Å²) in [6.07, 6.45) is 1.06. The maximum Gasteiger partial charge on any atom is 0.139 e. The lowest BCUT2D eigenvalue weighted by Crippen LogP contribution is -2.09. The Morgan fingerprint density at radius 1 is 1.10 bits per heavy atom. The average Bonchev–Trinajstić information content (AvgIpc) is 2.43. The van der Waals surface area contributed by atoms with Crippen molar-refractivity contribution in [2.24, 2.45) is 0 Å². The molecule has 0 aliphatic heterocycles. The lowest BCUT2D eigenvalue weighted by atomic mass is 10.2. The molecule has 106 valence electrons.